The van der Waals surface area contributed by atoms with Crippen LogP contribution in [0.4, 0.5) is 4.79 Å². The molecule has 2 aromatic rings. The van der Waals surface area contributed by atoms with E-state index >= 15 is 0 Å². The minimum Gasteiger partial charge on any atom is -0.492 e. The maximum absolute atomic E-state index is 11.8. The first kappa shape index (κ1) is 16.7. The topological polar surface area (TPSA) is 125 Å². The van der Waals surface area contributed by atoms with Gasteiger partial charge in [-0.1, -0.05) is 23.9 Å². The van der Waals surface area contributed by atoms with Gasteiger partial charge in [0, 0.05) is 0 Å². The number of aromatic nitrogens is 4. The van der Waals surface area contributed by atoms with Crippen LogP contribution in [0.5, 0.6) is 5.75 Å². The molecule has 0 aliphatic rings. The molecule has 10 heteroatoms. The third kappa shape index (κ3) is 4.19. The number of benzene rings is 1. The lowest BCUT2D eigenvalue weighted by atomic mass is 10.3. The lowest BCUT2D eigenvalue weighted by Gasteiger charge is -2.12. The van der Waals surface area contributed by atoms with Crippen molar-refractivity contribution in [2.75, 3.05) is 6.61 Å². The van der Waals surface area contributed by atoms with Crippen LogP contribution in [0.2, 0.25) is 0 Å². The van der Waals surface area contributed by atoms with Crippen molar-refractivity contribution in [1.82, 2.24) is 25.5 Å². The van der Waals surface area contributed by atoms with Crippen LogP contribution in [0.3, 0.4) is 0 Å². The molecular weight excluding hydrogens is 320 g/mol. The summed E-state index contributed by atoms with van der Waals surface area (Å²) in [7, 11) is 0. The molecular formula is C13H16N6O3S. The van der Waals surface area contributed by atoms with Gasteiger partial charge in [0.05, 0.1) is 11.9 Å². The highest BCUT2D eigenvalue weighted by Crippen LogP contribution is 2.27. The smallest absolute Gasteiger partial charge is 0.318 e. The molecule has 1 heterocycles. The Morgan fingerprint density at radius 3 is 2.87 bits per heavy atom. The van der Waals surface area contributed by atoms with E-state index in [9.17, 15) is 9.59 Å². The molecule has 0 spiro atoms. The van der Waals surface area contributed by atoms with E-state index in [2.05, 4.69) is 15.5 Å². The van der Waals surface area contributed by atoms with Crippen LogP contribution in [0.15, 0.2) is 29.4 Å². The summed E-state index contributed by atoms with van der Waals surface area (Å²) in [6.07, 6.45) is 0. The normalized spacial score (nSPS) is 11.7. The Labute approximate surface area is 136 Å². The molecule has 0 aliphatic heterocycles. The van der Waals surface area contributed by atoms with E-state index in [4.69, 9.17) is 10.5 Å². The molecule has 1 atom stereocenters. The predicted octanol–water partition coefficient (Wildman–Crippen LogP) is 0.736. The van der Waals surface area contributed by atoms with Crippen molar-refractivity contribution in [1.29, 1.82) is 0 Å². The van der Waals surface area contributed by atoms with Crippen LogP contribution < -0.4 is 15.8 Å². The van der Waals surface area contributed by atoms with E-state index in [0.29, 0.717) is 23.2 Å². The molecule has 0 saturated carbocycles. The molecule has 3 N–H and O–H groups in total. The van der Waals surface area contributed by atoms with Crippen molar-refractivity contribution >= 4 is 23.7 Å². The van der Waals surface area contributed by atoms with Gasteiger partial charge < -0.3 is 10.5 Å². The van der Waals surface area contributed by atoms with Gasteiger partial charge in [-0.2, -0.15) is 4.68 Å². The number of carbonyl (C=O) groups is 2. The maximum atomic E-state index is 11.8. The second-order valence-electron chi connectivity index (χ2n) is 4.39. The third-order valence-corrected chi connectivity index (χ3v) is 3.77. The fourth-order valence-corrected chi connectivity index (χ4v) is 2.55. The van der Waals surface area contributed by atoms with Crippen LogP contribution in [0, 0.1) is 0 Å². The van der Waals surface area contributed by atoms with Crippen molar-refractivity contribution in [3.63, 3.8) is 0 Å². The van der Waals surface area contributed by atoms with E-state index in [1.54, 1.807) is 19.1 Å². The van der Waals surface area contributed by atoms with Crippen molar-refractivity contribution in [2.24, 2.45) is 5.73 Å². The Hall–Kier alpha value is -2.62. The van der Waals surface area contributed by atoms with E-state index in [0.717, 1.165) is 11.8 Å². The van der Waals surface area contributed by atoms with Crippen molar-refractivity contribution in [2.45, 2.75) is 24.3 Å². The van der Waals surface area contributed by atoms with Crippen LogP contribution in [-0.4, -0.2) is 44.0 Å². The number of nitrogens with two attached hydrogens (primary N) is 1. The number of nitrogens with zero attached hydrogens (tertiary/aromatic N) is 4. The SMILES string of the molecule is CCOc1ccccc1-n1nnnc1SC(C)C(=O)NC(N)=O. The fourth-order valence-electron chi connectivity index (χ4n) is 1.75. The Balaban J connectivity index is 2.23. The highest BCUT2D eigenvalue weighted by molar-refractivity contribution is 8.00. The third-order valence-electron chi connectivity index (χ3n) is 2.73. The molecule has 0 aliphatic carbocycles. The van der Waals surface area contributed by atoms with Crippen molar-refractivity contribution in [3.05, 3.63) is 24.3 Å². The van der Waals surface area contributed by atoms with Gasteiger partial charge >= 0.3 is 6.03 Å². The van der Waals surface area contributed by atoms with Gasteiger partial charge in [0.15, 0.2) is 0 Å². The van der Waals surface area contributed by atoms with Crippen LogP contribution >= 0.6 is 11.8 Å². The number of rotatable bonds is 6. The molecule has 1 aromatic heterocycles. The standard InChI is InChI=1S/C13H16N6O3S/c1-3-22-10-7-5-4-6-9(10)19-13(16-17-18-19)23-8(2)11(20)15-12(14)21/h4-8H,3H2,1-2H3,(H3,14,15,20,21). The largest absolute Gasteiger partial charge is 0.492 e. The molecule has 1 unspecified atom stereocenters. The number of amides is 3. The average molecular weight is 336 g/mol. The molecule has 9 nitrogen and oxygen atoms in total. The number of ether oxygens (including phenoxy) is 1. The zero-order valence-electron chi connectivity index (χ0n) is 12.6. The summed E-state index contributed by atoms with van der Waals surface area (Å²) in [5.41, 5.74) is 5.59. The zero-order chi connectivity index (χ0) is 16.8. The van der Waals surface area contributed by atoms with Gasteiger partial charge in [-0.05, 0) is 36.4 Å². The second kappa shape index (κ2) is 7.58. The number of carbonyl (C=O) groups excluding carboxylic acids is 2. The van der Waals surface area contributed by atoms with Gasteiger partial charge in [0.2, 0.25) is 11.1 Å². The number of hydrogen-bond acceptors (Lipinski definition) is 7. The number of primary amides is 1. The molecule has 1 aromatic carbocycles. The number of urea groups is 1. The molecule has 0 radical (unpaired) electrons. The number of tetrazole rings is 1. The minimum atomic E-state index is -0.899. The van der Waals surface area contributed by atoms with E-state index in [1.165, 1.54) is 4.68 Å². The van der Waals surface area contributed by atoms with E-state index in [-0.39, 0.29) is 0 Å². The van der Waals surface area contributed by atoms with Gasteiger partial charge in [0.25, 0.3) is 0 Å². The molecule has 23 heavy (non-hydrogen) atoms. The first-order chi connectivity index (χ1) is 11.0. The fraction of sp³-hybridized carbons (Fsp3) is 0.308. The summed E-state index contributed by atoms with van der Waals surface area (Å²) >= 11 is 1.10. The van der Waals surface area contributed by atoms with Crippen LogP contribution in [-0.2, 0) is 4.79 Å². The van der Waals surface area contributed by atoms with Crippen LogP contribution in [0.1, 0.15) is 13.8 Å². The Morgan fingerprint density at radius 2 is 2.17 bits per heavy atom. The first-order valence-electron chi connectivity index (χ1n) is 6.80. The number of para-hydroxylation sites is 2. The number of nitrogens with one attached hydrogen (secondary N) is 1. The van der Waals surface area contributed by atoms with E-state index in [1.807, 2.05) is 24.4 Å². The second-order valence-corrected chi connectivity index (χ2v) is 5.70. The molecule has 0 fully saturated rings. The van der Waals surface area contributed by atoms with Crippen molar-refractivity contribution in [3.8, 4) is 11.4 Å². The Kier molecular flexibility index (Phi) is 5.52. The molecule has 3 amide bonds. The summed E-state index contributed by atoms with van der Waals surface area (Å²) in [5.74, 6) is 0.105. The van der Waals surface area contributed by atoms with E-state index < -0.39 is 17.2 Å². The molecule has 122 valence electrons. The summed E-state index contributed by atoms with van der Waals surface area (Å²) < 4.78 is 7.03. The Bertz CT molecular complexity index is 705. The minimum absolute atomic E-state index is 0.393. The van der Waals surface area contributed by atoms with Crippen LogP contribution in [0.25, 0.3) is 5.69 Å². The van der Waals surface area contributed by atoms with Gasteiger partial charge in [-0.15, -0.1) is 5.10 Å². The molecule has 0 bridgehead atoms. The monoisotopic (exact) mass is 336 g/mol. The summed E-state index contributed by atoms with van der Waals surface area (Å²) in [5, 5.41) is 13.3. The van der Waals surface area contributed by atoms with Gasteiger partial charge in [-0.3, -0.25) is 10.1 Å². The summed E-state index contributed by atoms with van der Waals surface area (Å²) in [6, 6.07) is 6.38. The Morgan fingerprint density at radius 1 is 1.43 bits per heavy atom. The van der Waals surface area contributed by atoms with Gasteiger partial charge in [-0.25, -0.2) is 4.79 Å². The predicted molar refractivity (Wildman–Crippen MR) is 83.4 cm³/mol. The maximum Gasteiger partial charge on any atom is 0.318 e. The molecule has 2 rings (SSSR count). The van der Waals surface area contributed by atoms with Gasteiger partial charge in [0.1, 0.15) is 11.4 Å². The summed E-state index contributed by atoms with van der Waals surface area (Å²) in [4.78, 5) is 22.5. The zero-order valence-corrected chi connectivity index (χ0v) is 13.4. The molecule has 0 saturated heterocycles. The number of imide groups is 1. The number of hydrogen-bond donors (Lipinski definition) is 2. The lowest BCUT2D eigenvalue weighted by Crippen LogP contribution is -2.39. The highest BCUT2D eigenvalue weighted by atomic mass is 32.2. The lowest BCUT2D eigenvalue weighted by molar-refractivity contribution is -0.119. The average Bonchev–Trinajstić information content (AvgIpc) is 2.95. The highest BCUT2D eigenvalue weighted by Gasteiger charge is 2.21. The first-order valence-corrected chi connectivity index (χ1v) is 7.68. The van der Waals surface area contributed by atoms with Crippen molar-refractivity contribution < 1.29 is 14.3 Å². The quantitative estimate of drug-likeness (QED) is 0.745. The summed E-state index contributed by atoms with van der Waals surface area (Å²) in [6.45, 7) is 4.00. The number of thioether (sulfide) groups is 1.